The van der Waals surface area contributed by atoms with Crippen LogP contribution in [0, 0.1) is 6.92 Å². The van der Waals surface area contributed by atoms with E-state index in [0.29, 0.717) is 10.3 Å². The zero-order valence-corrected chi connectivity index (χ0v) is 16.8. The highest BCUT2D eigenvalue weighted by Gasteiger charge is 2.11. The number of nitrogens with one attached hydrogen (secondary N) is 2. The van der Waals surface area contributed by atoms with Gasteiger partial charge in [-0.1, -0.05) is 47.7 Å². The lowest BCUT2D eigenvalue weighted by molar-refractivity contribution is -0.113. The maximum absolute atomic E-state index is 12.2. The van der Waals surface area contributed by atoms with Gasteiger partial charge < -0.3 is 5.32 Å². The first-order valence-electron chi connectivity index (χ1n) is 8.09. The van der Waals surface area contributed by atoms with Crippen LogP contribution in [0.1, 0.15) is 5.56 Å². The van der Waals surface area contributed by atoms with E-state index in [4.69, 9.17) is 0 Å². The van der Waals surface area contributed by atoms with E-state index in [-0.39, 0.29) is 11.7 Å². The number of benzene rings is 1. The van der Waals surface area contributed by atoms with E-state index in [1.165, 1.54) is 28.7 Å². The van der Waals surface area contributed by atoms with Gasteiger partial charge in [0.05, 0.1) is 16.3 Å². The zero-order valence-electron chi connectivity index (χ0n) is 14.3. The summed E-state index contributed by atoms with van der Waals surface area (Å²) in [6.45, 7) is 2.05. The van der Waals surface area contributed by atoms with Crippen molar-refractivity contribution < 1.29 is 4.79 Å². The lowest BCUT2D eigenvalue weighted by Crippen LogP contribution is -2.13. The standard InChI is InChI=1S/C18H15N5OS3/c1-11-4-6-12(7-5-11)13-9-26-17(19-13)20-15(24)10-27-18-21-16(22-23-18)14-3-2-8-25-14/h2-9H,10H2,1H3,(H,19,20,24)(H,21,22,23). The monoisotopic (exact) mass is 413 g/mol. The van der Waals surface area contributed by atoms with Crippen LogP contribution in [-0.2, 0) is 4.79 Å². The largest absolute Gasteiger partial charge is 0.301 e. The van der Waals surface area contributed by atoms with Crippen molar-refractivity contribution in [1.82, 2.24) is 20.2 Å². The van der Waals surface area contributed by atoms with Crippen molar-refractivity contribution >= 4 is 45.5 Å². The van der Waals surface area contributed by atoms with Crippen LogP contribution in [0.15, 0.2) is 52.3 Å². The summed E-state index contributed by atoms with van der Waals surface area (Å²) in [5.41, 5.74) is 3.10. The Morgan fingerprint density at radius 1 is 1.19 bits per heavy atom. The molecule has 6 nitrogen and oxygen atoms in total. The SMILES string of the molecule is Cc1ccc(-c2csc(NC(=O)CSc3n[nH]c(-c4cccs4)n3)n2)cc1. The molecule has 0 aliphatic rings. The predicted molar refractivity (Wildman–Crippen MR) is 111 cm³/mol. The number of carbonyl (C=O) groups excluding carboxylic acids is 1. The van der Waals surface area contributed by atoms with Crippen LogP contribution in [0.3, 0.4) is 0 Å². The van der Waals surface area contributed by atoms with E-state index in [9.17, 15) is 4.79 Å². The van der Waals surface area contributed by atoms with E-state index in [1.54, 1.807) is 11.3 Å². The lowest BCUT2D eigenvalue weighted by Gasteiger charge is -2.00. The molecule has 0 spiro atoms. The fourth-order valence-corrected chi connectivity index (χ4v) is 4.31. The van der Waals surface area contributed by atoms with E-state index in [2.05, 4.69) is 25.5 Å². The Bertz CT molecular complexity index is 1040. The Hall–Kier alpha value is -2.49. The molecule has 0 radical (unpaired) electrons. The maximum atomic E-state index is 12.2. The molecule has 0 aliphatic carbocycles. The summed E-state index contributed by atoms with van der Waals surface area (Å²) in [7, 11) is 0. The van der Waals surface area contributed by atoms with Crippen LogP contribution in [-0.4, -0.2) is 31.8 Å². The molecule has 0 bridgehead atoms. The molecule has 0 fully saturated rings. The number of carbonyl (C=O) groups is 1. The molecule has 0 aliphatic heterocycles. The van der Waals surface area contributed by atoms with Crippen LogP contribution >= 0.6 is 34.4 Å². The highest BCUT2D eigenvalue weighted by molar-refractivity contribution is 7.99. The molecule has 27 heavy (non-hydrogen) atoms. The zero-order chi connectivity index (χ0) is 18.6. The normalized spacial score (nSPS) is 10.9. The number of anilines is 1. The molecule has 4 aromatic rings. The maximum Gasteiger partial charge on any atom is 0.236 e. The van der Waals surface area contributed by atoms with Crippen molar-refractivity contribution in [2.45, 2.75) is 12.1 Å². The van der Waals surface area contributed by atoms with Crippen molar-refractivity contribution in [3.05, 3.63) is 52.7 Å². The first-order chi connectivity index (χ1) is 13.2. The summed E-state index contributed by atoms with van der Waals surface area (Å²) < 4.78 is 0. The van der Waals surface area contributed by atoms with E-state index < -0.39 is 0 Å². The van der Waals surface area contributed by atoms with Gasteiger partial charge in [0.2, 0.25) is 11.1 Å². The molecule has 9 heteroatoms. The fourth-order valence-electron chi connectivity index (χ4n) is 2.31. The van der Waals surface area contributed by atoms with Gasteiger partial charge in [0.1, 0.15) is 0 Å². The van der Waals surface area contributed by atoms with Crippen molar-refractivity contribution in [1.29, 1.82) is 0 Å². The number of amides is 1. The summed E-state index contributed by atoms with van der Waals surface area (Å²) in [6.07, 6.45) is 0. The third-order valence-electron chi connectivity index (χ3n) is 3.65. The molecule has 4 rings (SSSR count). The Kier molecular flexibility index (Phi) is 5.33. The second-order valence-corrected chi connectivity index (χ2v) is 8.43. The number of aromatic amines is 1. The number of thiophene rings is 1. The van der Waals surface area contributed by atoms with Gasteiger partial charge in [-0.25, -0.2) is 9.97 Å². The van der Waals surface area contributed by atoms with Crippen LogP contribution < -0.4 is 5.32 Å². The van der Waals surface area contributed by atoms with Gasteiger partial charge in [0.25, 0.3) is 0 Å². The third-order valence-corrected chi connectivity index (χ3v) is 6.13. The van der Waals surface area contributed by atoms with Crippen LogP contribution in [0.2, 0.25) is 0 Å². The Morgan fingerprint density at radius 3 is 2.81 bits per heavy atom. The molecule has 3 aromatic heterocycles. The summed E-state index contributed by atoms with van der Waals surface area (Å²) >= 11 is 4.29. The number of thiazole rings is 1. The highest BCUT2D eigenvalue weighted by Crippen LogP contribution is 2.26. The number of aromatic nitrogens is 4. The van der Waals surface area contributed by atoms with Crippen molar-refractivity contribution in [2.24, 2.45) is 0 Å². The minimum atomic E-state index is -0.132. The van der Waals surface area contributed by atoms with Crippen molar-refractivity contribution in [3.8, 4) is 22.0 Å². The summed E-state index contributed by atoms with van der Waals surface area (Å²) in [5, 5.41) is 14.9. The Morgan fingerprint density at radius 2 is 2.04 bits per heavy atom. The first kappa shape index (κ1) is 17.9. The fraction of sp³-hybridized carbons (Fsp3) is 0.111. The van der Waals surface area contributed by atoms with Gasteiger partial charge in [0, 0.05) is 10.9 Å². The minimum Gasteiger partial charge on any atom is -0.301 e. The summed E-state index contributed by atoms with van der Waals surface area (Å²) in [5.74, 6) is 0.809. The van der Waals surface area contributed by atoms with Crippen LogP contribution in [0.5, 0.6) is 0 Å². The molecule has 3 heterocycles. The van der Waals surface area contributed by atoms with Crippen molar-refractivity contribution in [3.63, 3.8) is 0 Å². The summed E-state index contributed by atoms with van der Waals surface area (Å²) in [4.78, 5) is 22.1. The lowest BCUT2D eigenvalue weighted by atomic mass is 10.1. The van der Waals surface area contributed by atoms with Gasteiger partial charge in [0.15, 0.2) is 11.0 Å². The number of thioether (sulfide) groups is 1. The molecular weight excluding hydrogens is 398 g/mol. The molecule has 0 atom stereocenters. The molecule has 1 amide bonds. The second-order valence-electron chi connectivity index (χ2n) is 5.68. The molecule has 0 unspecified atom stereocenters. The average molecular weight is 414 g/mol. The highest BCUT2D eigenvalue weighted by atomic mass is 32.2. The number of H-pyrrole nitrogens is 1. The molecule has 2 N–H and O–H groups in total. The number of hydrogen-bond donors (Lipinski definition) is 2. The number of aryl methyl sites for hydroxylation is 1. The molecular formula is C18H15N5OS3. The quantitative estimate of drug-likeness (QED) is 0.448. The van der Waals surface area contributed by atoms with Gasteiger partial charge in [-0.2, -0.15) is 0 Å². The van der Waals surface area contributed by atoms with Crippen LogP contribution in [0.25, 0.3) is 22.0 Å². The minimum absolute atomic E-state index is 0.132. The van der Waals surface area contributed by atoms with Gasteiger partial charge in [-0.3, -0.25) is 9.89 Å². The molecule has 0 saturated heterocycles. The Balaban J connectivity index is 1.33. The Labute approximate surface area is 168 Å². The predicted octanol–water partition coefficient (Wildman–Crippen LogP) is 4.70. The smallest absolute Gasteiger partial charge is 0.236 e. The molecule has 1 aromatic carbocycles. The topological polar surface area (TPSA) is 83.6 Å². The average Bonchev–Trinajstić information content (AvgIpc) is 3.42. The van der Waals surface area contributed by atoms with Gasteiger partial charge >= 0.3 is 0 Å². The second kappa shape index (κ2) is 8.03. The van der Waals surface area contributed by atoms with Crippen LogP contribution in [0.4, 0.5) is 5.13 Å². The number of rotatable bonds is 6. The van der Waals surface area contributed by atoms with E-state index in [1.807, 2.05) is 54.1 Å². The van der Waals surface area contributed by atoms with Gasteiger partial charge in [-0.15, -0.1) is 27.8 Å². The summed E-state index contributed by atoms with van der Waals surface area (Å²) in [6, 6.07) is 12.1. The molecule has 0 saturated carbocycles. The third kappa shape index (κ3) is 4.44. The van der Waals surface area contributed by atoms with Crippen molar-refractivity contribution in [2.75, 3.05) is 11.1 Å². The van der Waals surface area contributed by atoms with E-state index >= 15 is 0 Å². The number of hydrogen-bond acceptors (Lipinski definition) is 7. The van der Waals surface area contributed by atoms with E-state index in [0.717, 1.165) is 22.0 Å². The van der Waals surface area contributed by atoms with Gasteiger partial charge in [-0.05, 0) is 18.4 Å². The molecule has 136 valence electrons. The number of nitrogens with zero attached hydrogens (tertiary/aromatic N) is 3. The first-order valence-corrected chi connectivity index (χ1v) is 10.8.